The normalized spacial score (nSPS) is 10.2. The lowest BCUT2D eigenvalue weighted by Crippen LogP contribution is -1.88. The van der Waals surface area contributed by atoms with Crippen molar-refractivity contribution in [3.05, 3.63) is 24.3 Å². The molecule has 0 saturated carbocycles. The van der Waals surface area contributed by atoms with Crippen LogP contribution in [0.1, 0.15) is 0 Å². The van der Waals surface area contributed by atoms with Crippen LogP contribution >= 0.6 is 0 Å². The second-order valence-electron chi connectivity index (χ2n) is 3.06. The third-order valence-electron chi connectivity index (χ3n) is 1.89. The van der Waals surface area contributed by atoms with E-state index in [4.69, 9.17) is 9.47 Å². The summed E-state index contributed by atoms with van der Waals surface area (Å²) in [5, 5.41) is 26.0. The molecule has 2 aromatic heterocycles. The summed E-state index contributed by atoms with van der Waals surface area (Å²) >= 11 is 0. The van der Waals surface area contributed by atoms with Crippen LogP contribution in [0.4, 0.5) is 0 Å². The average Bonchev–Trinajstić information content (AvgIpc) is 3.05. The van der Waals surface area contributed by atoms with Gasteiger partial charge in [0, 0.05) is 0 Å². The van der Waals surface area contributed by atoms with Gasteiger partial charge < -0.3 is 9.47 Å². The van der Waals surface area contributed by atoms with Crippen LogP contribution in [-0.4, -0.2) is 41.2 Å². The molecule has 3 rings (SSSR count). The molecule has 2 heterocycles. The Labute approximate surface area is 99.3 Å². The van der Waals surface area contributed by atoms with Crippen LogP contribution in [0.25, 0.3) is 0 Å². The van der Waals surface area contributed by atoms with Crippen molar-refractivity contribution in [2.24, 2.45) is 0 Å². The van der Waals surface area contributed by atoms with E-state index in [2.05, 4.69) is 41.2 Å². The van der Waals surface area contributed by atoms with Gasteiger partial charge in [0.25, 0.3) is 0 Å². The van der Waals surface area contributed by atoms with Gasteiger partial charge in [0.2, 0.25) is 0 Å². The second-order valence-corrected chi connectivity index (χ2v) is 3.06. The Morgan fingerprint density at radius 2 is 1.17 bits per heavy atom. The third-order valence-corrected chi connectivity index (χ3v) is 1.89. The van der Waals surface area contributed by atoms with E-state index in [1.807, 2.05) is 0 Å². The van der Waals surface area contributed by atoms with Crippen LogP contribution in [0.3, 0.4) is 0 Å². The van der Waals surface area contributed by atoms with Gasteiger partial charge >= 0.3 is 12.0 Å². The minimum Gasteiger partial charge on any atom is -0.422 e. The van der Waals surface area contributed by atoms with Gasteiger partial charge in [-0.05, 0) is 34.7 Å². The molecular formula is C8H6N8O2. The van der Waals surface area contributed by atoms with E-state index in [9.17, 15) is 0 Å². The van der Waals surface area contributed by atoms with E-state index in [0.29, 0.717) is 11.5 Å². The highest BCUT2D eigenvalue weighted by molar-refractivity contribution is 5.33. The van der Waals surface area contributed by atoms with Crippen LogP contribution < -0.4 is 9.47 Å². The topological polar surface area (TPSA) is 127 Å². The molecule has 0 amide bonds. The Kier molecular flexibility index (Phi) is 2.50. The highest BCUT2D eigenvalue weighted by Gasteiger charge is 2.04. The van der Waals surface area contributed by atoms with Crippen LogP contribution in [0, 0.1) is 0 Å². The zero-order chi connectivity index (χ0) is 12.2. The highest BCUT2D eigenvalue weighted by Crippen LogP contribution is 2.22. The molecule has 90 valence electrons. The number of aromatic nitrogens is 8. The number of aromatic amines is 2. The minimum atomic E-state index is 0.141. The standard InChI is InChI=1S/C8H6N8O2/c1-2-6(18-8-11-15-16-12-8)4-3-5(1)17-7-9-13-14-10-7/h1-4H,(H,9,10,13,14)(H,11,12,15,16). The lowest BCUT2D eigenvalue weighted by Gasteiger charge is -2.02. The number of hydrogen-bond acceptors (Lipinski definition) is 8. The Morgan fingerprint density at radius 1 is 0.722 bits per heavy atom. The molecular weight excluding hydrogens is 240 g/mol. The van der Waals surface area contributed by atoms with E-state index in [1.165, 1.54) is 0 Å². The summed E-state index contributed by atoms with van der Waals surface area (Å²) in [6.45, 7) is 0. The minimum absolute atomic E-state index is 0.141. The maximum Gasteiger partial charge on any atom is 0.361 e. The van der Waals surface area contributed by atoms with Gasteiger partial charge in [0.15, 0.2) is 0 Å². The van der Waals surface area contributed by atoms with Crippen molar-refractivity contribution in [1.82, 2.24) is 41.2 Å². The Bertz CT molecular complexity index is 535. The molecule has 10 nitrogen and oxygen atoms in total. The first-order valence-corrected chi connectivity index (χ1v) is 4.83. The van der Waals surface area contributed by atoms with Gasteiger partial charge in [-0.3, -0.25) is 0 Å². The summed E-state index contributed by atoms with van der Waals surface area (Å²) in [7, 11) is 0. The molecule has 0 radical (unpaired) electrons. The van der Waals surface area contributed by atoms with E-state index in [-0.39, 0.29) is 12.0 Å². The summed E-state index contributed by atoms with van der Waals surface area (Å²) in [4.78, 5) is 0. The quantitative estimate of drug-likeness (QED) is 0.672. The number of rotatable bonds is 4. The number of benzene rings is 1. The molecule has 1 aromatic carbocycles. The first-order chi connectivity index (χ1) is 8.90. The van der Waals surface area contributed by atoms with Crippen molar-refractivity contribution in [3.8, 4) is 23.5 Å². The van der Waals surface area contributed by atoms with Gasteiger partial charge in [0.1, 0.15) is 11.5 Å². The third kappa shape index (κ3) is 2.21. The van der Waals surface area contributed by atoms with Crippen LogP contribution in [0.5, 0.6) is 23.5 Å². The molecule has 0 aliphatic carbocycles. The van der Waals surface area contributed by atoms with E-state index < -0.39 is 0 Å². The molecule has 3 aromatic rings. The van der Waals surface area contributed by atoms with Gasteiger partial charge in [-0.1, -0.05) is 20.4 Å². The molecule has 0 spiro atoms. The number of nitrogens with one attached hydrogen (secondary N) is 2. The maximum atomic E-state index is 5.29. The van der Waals surface area contributed by atoms with Crippen molar-refractivity contribution in [2.45, 2.75) is 0 Å². The fraction of sp³-hybridized carbons (Fsp3) is 0. The van der Waals surface area contributed by atoms with E-state index >= 15 is 0 Å². The van der Waals surface area contributed by atoms with Gasteiger partial charge in [-0.25, -0.2) is 0 Å². The van der Waals surface area contributed by atoms with Gasteiger partial charge in [-0.2, -0.15) is 10.4 Å². The van der Waals surface area contributed by atoms with E-state index in [1.54, 1.807) is 24.3 Å². The SMILES string of the molecule is c1cc(Oc2nn[nH]n2)ccc1Oc1nn[nH]n1. The zero-order valence-corrected chi connectivity index (χ0v) is 8.81. The monoisotopic (exact) mass is 246 g/mol. The smallest absolute Gasteiger partial charge is 0.361 e. The molecule has 18 heavy (non-hydrogen) atoms. The fourth-order valence-corrected chi connectivity index (χ4v) is 1.18. The predicted molar refractivity (Wildman–Crippen MR) is 54.9 cm³/mol. The van der Waals surface area contributed by atoms with Crippen LogP contribution in [0.15, 0.2) is 24.3 Å². The number of tetrazole rings is 2. The second kappa shape index (κ2) is 4.45. The first-order valence-electron chi connectivity index (χ1n) is 4.83. The molecule has 0 fully saturated rings. The molecule has 0 saturated heterocycles. The maximum absolute atomic E-state index is 5.29. The van der Waals surface area contributed by atoms with Crippen LogP contribution in [-0.2, 0) is 0 Å². The summed E-state index contributed by atoms with van der Waals surface area (Å²) in [6, 6.07) is 7.03. The number of hydrogen-bond donors (Lipinski definition) is 2. The summed E-state index contributed by atoms with van der Waals surface area (Å²) in [6.07, 6.45) is 0. The Morgan fingerprint density at radius 3 is 1.50 bits per heavy atom. The number of nitrogens with zero attached hydrogens (tertiary/aromatic N) is 6. The highest BCUT2D eigenvalue weighted by atomic mass is 16.5. The molecule has 0 atom stereocenters. The molecule has 2 N–H and O–H groups in total. The zero-order valence-electron chi connectivity index (χ0n) is 8.81. The largest absolute Gasteiger partial charge is 0.422 e. The van der Waals surface area contributed by atoms with Crippen LogP contribution in [0.2, 0.25) is 0 Å². The number of ether oxygens (including phenoxy) is 2. The Balaban J connectivity index is 1.69. The van der Waals surface area contributed by atoms with Crippen molar-refractivity contribution in [2.75, 3.05) is 0 Å². The summed E-state index contributed by atoms with van der Waals surface area (Å²) < 4.78 is 10.6. The van der Waals surface area contributed by atoms with Gasteiger partial charge in [0.05, 0.1) is 0 Å². The van der Waals surface area contributed by atoms with Crippen molar-refractivity contribution in [3.63, 3.8) is 0 Å². The Hall–Kier alpha value is -3.04. The lowest BCUT2D eigenvalue weighted by atomic mass is 10.3. The summed E-state index contributed by atoms with van der Waals surface area (Å²) in [5.41, 5.74) is 0. The average molecular weight is 246 g/mol. The molecule has 10 heteroatoms. The van der Waals surface area contributed by atoms with Crippen molar-refractivity contribution < 1.29 is 9.47 Å². The molecule has 0 unspecified atom stereocenters. The number of H-pyrrole nitrogens is 2. The lowest BCUT2D eigenvalue weighted by molar-refractivity contribution is 0.431. The van der Waals surface area contributed by atoms with Crippen molar-refractivity contribution >= 4 is 0 Å². The fourth-order valence-electron chi connectivity index (χ4n) is 1.18. The summed E-state index contributed by atoms with van der Waals surface area (Å²) in [5.74, 6) is 1.11. The first kappa shape index (κ1) is 10.1. The molecule has 0 aliphatic rings. The predicted octanol–water partition coefficient (Wildman–Crippen LogP) is 0.297. The molecule has 0 bridgehead atoms. The van der Waals surface area contributed by atoms with E-state index in [0.717, 1.165) is 0 Å². The van der Waals surface area contributed by atoms with Crippen molar-refractivity contribution in [1.29, 1.82) is 0 Å². The van der Waals surface area contributed by atoms with Gasteiger partial charge in [-0.15, -0.1) is 0 Å². The molecule has 0 aliphatic heterocycles.